The van der Waals surface area contributed by atoms with Crippen LogP contribution in [0.5, 0.6) is 0 Å². The summed E-state index contributed by atoms with van der Waals surface area (Å²) in [6.45, 7) is 4.99. The van der Waals surface area contributed by atoms with Gasteiger partial charge in [-0.3, -0.25) is 0 Å². The van der Waals surface area contributed by atoms with E-state index in [2.05, 4.69) is 31.7 Å². The second kappa shape index (κ2) is 5.09. The number of imidazole rings is 1. The van der Waals surface area contributed by atoms with E-state index < -0.39 is 0 Å². The van der Waals surface area contributed by atoms with Crippen molar-refractivity contribution in [1.82, 2.24) is 24.7 Å². The Hall–Kier alpha value is -1.69. The zero-order chi connectivity index (χ0) is 12.3. The van der Waals surface area contributed by atoms with Crippen LogP contribution in [-0.4, -0.2) is 24.7 Å². The minimum Gasteiger partial charge on any atom is -0.348 e. The van der Waals surface area contributed by atoms with Crippen LogP contribution in [0, 0.1) is 6.92 Å². The van der Waals surface area contributed by atoms with Gasteiger partial charge in [0, 0.05) is 24.9 Å². The third-order valence-electron chi connectivity index (χ3n) is 2.74. The zero-order valence-electron chi connectivity index (χ0n) is 10.2. The lowest BCUT2D eigenvalue weighted by Gasteiger charge is -2.12. The molecule has 0 radical (unpaired) electrons. The van der Waals surface area contributed by atoms with Crippen molar-refractivity contribution in [3.05, 3.63) is 29.9 Å². The molecule has 2 aromatic heterocycles. The van der Waals surface area contributed by atoms with Crippen LogP contribution < -0.4 is 5.73 Å². The molecule has 6 nitrogen and oxygen atoms in total. The number of hydrogen-bond acceptors (Lipinski definition) is 4. The van der Waals surface area contributed by atoms with Gasteiger partial charge in [-0.15, -0.1) is 10.2 Å². The number of H-pyrrole nitrogens is 1. The van der Waals surface area contributed by atoms with E-state index in [1.807, 2.05) is 6.92 Å². The highest BCUT2D eigenvalue weighted by atomic mass is 15.3. The standard InChI is InChI=1S/C11H18N6/c1-3-4-17-8(2)15-16-11(17)10(12)5-9-6-13-7-14-9/h6-7,10H,3-5,12H2,1-2H3,(H,13,14). The average Bonchev–Trinajstić information content (AvgIpc) is 2.91. The van der Waals surface area contributed by atoms with Crippen LogP contribution in [0.2, 0.25) is 0 Å². The molecular weight excluding hydrogens is 216 g/mol. The first-order valence-corrected chi connectivity index (χ1v) is 5.85. The van der Waals surface area contributed by atoms with Gasteiger partial charge in [0.25, 0.3) is 0 Å². The molecule has 0 amide bonds. The van der Waals surface area contributed by atoms with Crippen LogP contribution in [0.3, 0.4) is 0 Å². The topological polar surface area (TPSA) is 85.4 Å². The molecule has 0 aliphatic carbocycles. The Kier molecular flexibility index (Phi) is 3.53. The van der Waals surface area contributed by atoms with E-state index in [0.29, 0.717) is 6.42 Å². The highest BCUT2D eigenvalue weighted by Gasteiger charge is 2.16. The van der Waals surface area contributed by atoms with Gasteiger partial charge >= 0.3 is 0 Å². The lowest BCUT2D eigenvalue weighted by atomic mass is 10.1. The monoisotopic (exact) mass is 234 g/mol. The molecule has 0 bridgehead atoms. The number of aromatic amines is 1. The van der Waals surface area contributed by atoms with Crippen LogP contribution in [0.15, 0.2) is 12.5 Å². The van der Waals surface area contributed by atoms with Crippen molar-refractivity contribution < 1.29 is 0 Å². The molecule has 0 aliphatic heterocycles. The maximum absolute atomic E-state index is 6.16. The van der Waals surface area contributed by atoms with Crippen molar-refractivity contribution in [3.63, 3.8) is 0 Å². The van der Waals surface area contributed by atoms with Gasteiger partial charge in [0.15, 0.2) is 0 Å². The maximum atomic E-state index is 6.16. The van der Waals surface area contributed by atoms with Gasteiger partial charge in [0.2, 0.25) is 0 Å². The first-order chi connectivity index (χ1) is 8.22. The van der Waals surface area contributed by atoms with Gasteiger partial charge in [-0.05, 0) is 13.3 Å². The number of aromatic nitrogens is 5. The molecular formula is C11H18N6. The van der Waals surface area contributed by atoms with Crippen molar-refractivity contribution in [2.24, 2.45) is 5.73 Å². The molecule has 0 aromatic carbocycles. The molecule has 1 atom stereocenters. The van der Waals surface area contributed by atoms with E-state index in [-0.39, 0.29) is 6.04 Å². The van der Waals surface area contributed by atoms with Crippen LogP contribution in [0.1, 0.15) is 36.7 Å². The summed E-state index contributed by atoms with van der Waals surface area (Å²) in [5.41, 5.74) is 7.17. The first kappa shape index (κ1) is 11.8. The van der Waals surface area contributed by atoms with Crippen molar-refractivity contribution in [1.29, 1.82) is 0 Å². The Bertz CT molecular complexity index is 458. The van der Waals surface area contributed by atoms with Gasteiger partial charge in [0.1, 0.15) is 11.6 Å². The fourth-order valence-electron chi connectivity index (χ4n) is 1.90. The second-order valence-corrected chi connectivity index (χ2v) is 4.14. The summed E-state index contributed by atoms with van der Waals surface area (Å²) in [6, 6.07) is -0.150. The van der Waals surface area contributed by atoms with Crippen molar-refractivity contribution in [2.45, 2.75) is 39.3 Å². The Morgan fingerprint density at radius 2 is 2.29 bits per heavy atom. The molecule has 3 N–H and O–H groups in total. The summed E-state index contributed by atoms with van der Waals surface area (Å²) in [7, 11) is 0. The molecule has 17 heavy (non-hydrogen) atoms. The molecule has 2 rings (SSSR count). The third-order valence-corrected chi connectivity index (χ3v) is 2.74. The highest BCUT2D eigenvalue weighted by Crippen LogP contribution is 2.14. The van der Waals surface area contributed by atoms with Gasteiger partial charge < -0.3 is 15.3 Å². The van der Waals surface area contributed by atoms with E-state index >= 15 is 0 Å². The van der Waals surface area contributed by atoms with Crippen LogP contribution in [0.4, 0.5) is 0 Å². The SMILES string of the molecule is CCCn1c(C)nnc1C(N)Cc1cnc[nH]1. The molecule has 0 saturated carbocycles. The van der Waals surface area contributed by atoms with E-state index in [1.165, 1.54) is 0 Å². The minimum atomic E-state index is -0.150. The molecule has 92 valence electrons. The van der Waals surface area contributed by atoms with Crippen molar-refractivity contribution in [3.8, 4) is 0 Å². The molecule has 0 saturated heterocycles. The lowest BCUT2D eigenvalue weighted by molar-refractivity contribution is 0.563. The summed E-state index contributed by atoms with van der Waals surface area (Å²) in [5, 5.41) is 8.26. The Morgan fingerprint density at radius 3 is 2.94 bits per heavy atom. The van der Waals surface area contributed by atoms with E-state index in [4.69, 9.17) is 5.73 Å². The molecule has 0 fully saturated rings. The Morgan fingerprint density at radius 1 is 1.47 bits per heavy atom. The predicted octanol–water partition coefficient (Wildman–Crippen LogP) is 0.962. The van der Waals surface area contributed by atoms with Gasteiger partial charge in [0.05, 0.1) is 12.4 Å². The number of rotatable bonds is 5. The van der Waals surface area contributed by atoms with Crippen molar-refractivity contribution in [2.75, 3.05) is 0 Å². The van der Waals surface area contributed by atoms with Gasteiger partial charge in [-0.1, -0.05) is 6.92 Å². The van der Waals surface area contributed by atoms with Gasteiger partial charge in [-0.25, -0.2) is 4.98 Å². The molecule has 6 heteroatoms. The molecule has 2 heterocycles. The smallest absolute Gasteiger partial charge is 0.150 e. The number of hydrogen-bond donors (Lipinski definition) is 2. The fraction of sp³-hybridized carbons (Fsp3) is 0.545. The first-order valence-electron chi connectivity index (χ1n) is 5.85. The summed E-state index contributed by atoms with van der Waals surface area (Å²) >= 11 is 0. The van der Waals surface area contributed by atoms with Gasteiger partial charge in [-0.2, -0.15) is 0 Å². The van der Waals surface area contributed by atoms with Crippen LogP contribution in [-0.2, 0) is 13.0 Å². The number of nitrogens with two attached hydrogens (primary N) is 1. The highest BCUT2D eigenvalue weighted by molar-refractivity contribution is 5.05. The van der Waals surface area contributed by atoms with E-state index in [0.717, 1.165) is 30.3 Å². The fourth-order valence-corrected chi connectivity index (χ4v) is 1.90. The summed E-state index contributed by atoms with van der Waals surface area (Å²) in [4.78, 5) is 7.03. The summed E-state index contributed by atoms with van der Waals surface area (Å²) in [6.07, 6.45) is 5.18. The quantitative estimate of drug-likeness (QED) is 0.807. The number of nitrogens with zero attached hydrogens (tertiary/aromatic N) is 4. The van der Waals surface area contributed by atoms with Crippen LogP contribution >= 0.6 is 0 Å². The normalized spacial score (nSPS) is 12.9. The largest absolute Gasteiger partial charge is 0.348 e. The Balaban J connectivity index is 2.15. The zero-order valence-corrected chi connectivity index (χ0v) is 10.2. The van der Waals surface area contributed by atoms with Crippen LogP contribution in [0.25, 0.3) is 0 Å². The van der Waals surface area contributed by atoms with E-state index in [9.17, 15) is 0 Å². The minimum absolute atomic E-state index is 0.150. The predicted molar refractivity (Wildman–Crippen MR) is 64.3 cm³/mol. The molecule has 0 spiro atoms. The van der Waals surface area contributed by atoms with E-state index in [1.54, 1.807) is 12.5 Å². The average molecular weight is 234 g/mol. The molecule has 2 aromatic rings. The molecule has 1 unspecified atom stereocenters. The summed E-state index contributed by atoms with van der Waals surface area (Å²) < 4.78 is 2.08. The maximum Gasteiger partial charge on any atom is 0.150 e. The number of nitrogens with one attached hydrogen (secondary N) is 1. The Labute approximate surface area is 100 Å². The summed E-state index contributed by atoms with van der Waals surface area (Å²) in [5.74, 6) is 1.76. The second-order valence-electron chi connectivity index (χ2n) is 4.14. The number of aryl methyl sites for hydroxylation is 1. The van der Waals surface area contributed by atoms with Crippen molar-refractivity contribution >= 4 is 0 Å². The molecule has 0 aliphatic rings. The lowest BCUT2D eigenvalue weighted by Crippen LogP contribution is -2.19. The third kappa shape index (κ3) is 2.52.